The van der Waals surface area contributed by atoms with Crippen LogP contribution in [-0.4, -0.2) is 34.6 Å². The van der Waals surface area contributed by atoms with Gasteiger partial charge in [0.25, 0.3) is 5.56 Å². The zero-order chi connectivity index (χ0) is 20.5. The maximum Gasteiger partial charge on any atom is 0.332 e. The maximum absolute atomic E-state index is 13.0. The van der Waals surface area contributed by atoms with Crippen LogP contribution in [0.5, 0.6) is 0 Å². The van der Waals surface area contributed by atoms with Gasteiger partial charge in [-0.1, -0.05) is 6.07 Å². The molecule has 12 heteroatoms. The SMILES string of the molecule is Cn1c(=O)n(Cc2ccccn2)c(=O)c2c1ncn2CC(=O)Nc1csc(Br)n1. The van der Waals surface area contributed by atoms with E-state index in [0.717, 1.165) is 4.57 Å². The minimum absolute atomic E-state index is 0.0204. The number of rotatable bonds is 5. The number of nitrogens with zero attached hydrogens (tertiary/aromatic N) is 6. The van der Waals surface area contributed by atoms with E-state index >= 15 is 0 Å². The van der Waals surface area contributed by atoms with Crippen molar-refractivity contribution < 1.29 is 4.79 Å². The standard InChI is InChI=1S/C17H14BrN7O3S/c1-23-14-13(15(27)25(17(23)28)6-10-4-2-3-5-19-10)24(9-20-14)7-12(26)21-11-8-29-16(18)22-11/h2-5,8-9H,6-7H2,1H3,(H,21,26). The Morgan fingerprint density at radius 2 is 2.10 bits per heavy atom. The minimum atomic E-state index is -0.532. The number of nitrogens with one attached hydrogen (secondary N) is 1. The second kappa shape index (κ2) is 7.72. The zero-order valence-corrected chi connectivity index (χ0v) is 17.5. The quantitative estimate of drug-likeness (QED) is 0.463. The zero-order valence-electron chi connectivity index (χ0n) is 15.1. The Labute approximate surface area is 175 Å². The van der Waals surface area contributed by atoms with Crippen LogP contribution in [0, 0.1) is 0 Å². The van der Waals surface area contributed by atoms with Gasteiger partial charge in [0.15, 0.2) is 15.1 Å². The van der Waals surface area contributed by atoms with E-state index < -0.39 is 11.2 Å². The molecule has 0 aromatic carbocycles. The molecule has 0 aliphatic heterocycles. The highest BCUT2D eigenvalue weighted by molar-refractivity contribution is 9.11. The fourth-order valence-electron chi connectivity index (χ4n) is 2.88. The molecule has 29 heavy (non-hydrogen) atoms. The Bertz CT molecular complexity index is 1320. The maximum atomic E-state index is 13.0. The molecule has 1 N–H and O–H groups in total. The molecule has 4 aromatic heterocycles. The minimum Gasteiger partial charge on any atom is -0.315 e. The van der Waals surface area contributed by atoms with Crippen molar-refractivity contribution in [3.63, 3.8) is 0 Å². The van der Waals surface area contributed by atoms with E-state index in [9.17, 15) is 14.4 Å². The van der Waals surface area contributed by atoms with Gasteiger partial charge in [0.1, 0.15) is 12.4 Å². The molecular formula is C17H14BrN7O3S. The van der Waals surface area contributed by atoms with Gasteiger partial charge < -0.3 is 9.88 Å². The molecule has 0 aliphatic carbocycles. The van der Waals surface area contributed by atoms with Crippen molar-refractivity contribution in [3.8, 4) is 0 Å². The number of fused-ring (bicyclic) bond motifs is 1. The molecule has 4 aromatic rings. The van der Waals surface area contributed by atoms with Crippen LogP contribution in [0.1, 0.15) is 5.69 Å². The fourth-order valence-corrected chi connectivity index (χ4v) is 3.82. The first kappa shape index (κ1) is 19.2. The average Bonchev–Trinajstić information content (AvgIpc) is 3.30. The first-order valence-electron chi connectivity index (χ1n) is 8.39. The van der Waals surface area contributed by atoms with Crippen LogP contribution in [0.2, 0.25) is 0 Å². The first-order valence-corrected chi connectivity index (χ1v) is 10.1. The molecule has 4 heterocycles. The van der Waals surface area contributed by atoms with Crippen LogP contribution >= 0.6 is 27.3 Å². The predicted molar refractivity (Wildman–Crippen MR) is 111 cm³/mol. The van der Waals surface area contributed by atoms with Crippen LogP contribution < -0.4 is 16.6 Å². The van der Waals surface area contributed by atoms with Crippen LogP contribution in [0.4, 0.5) is 5.82 Å². The topological polar surface area (TPSA) is 117 Å². The van der Waals surface area contributed by atoms with E-state index in [1.54, 1.807) is 29.8 Å². The number of carbonyl (C=O) groups excluding carboxylic acids is 1. The van der Waals surface area contributed by atoms with Crippen LogP contribution in [-0.2, 0) is 24.9 Å². The monoisotopic (exact) mass is 475 g/mol. The van der Waals surface area contributed by atoms with E-state index in [0.29, 0.717) is 15.4 Å². The van der Waals surface area contributed by atoms with Gasteiger partial charge in [-0.25, -0.2) is 14.8 Å². The van der Waals surface area contributed by atoms with Gasteiger partial charge >= 0.3 is 5.69 Å². The Hall–Kier alpha value is -3.12. The fraction of sp³-hybridized carbons (Fsp3) is 0.176. The van der Waals surface area contributed by atoms with Gasteiger partial charge in [-0.15, -0.1) is 11.3 Å². The molecule has 0 radical (unpaired) electrons. The molecule has 0 fully saturated rings. The van der Waals surface area contributed by atoms with E-state index in [1.165, 1.54) is 33.8 Å². The summed E-state index contributed by atoms with van der Waals surface area (Å²) in [4.78, 5) is 50.5. The number of carbonyl (C=O) groups is 1. The average molecular weight is 476 g/mol. The van der Waals surface area contributed by atoms with E-state index in [1.807, 2.05) is 0 Å². The Kier molecular flexibility index (Phi) is 5.11. The molecule has 0 unspecified atom stereocenters. The highest BCUT2D eigenvalue weighted by atomic mass is 79.9. The molecule has 0 saturated heterocycles. The summed E-state index contributed by atoms with van der Waals surface area (Å²) in [5.41, 5.74) is -0.0892. The second-order valence-electron chi connectivity index (χ2n) is 6.13. The highest BCUT2D eigenvalue weighted by Crippen LogP contribution is 2.19. The molecule has 0 saturated carbocycles. The van der Waals surface area contributed by atoms with Crippen molar-refractivity contribution in [1.29, 1.82) is 0 Å². The van der Waals surface area contributed by atoms with E-state index in [-0.39, 0.29) is 30.2 Å². The summed E-state index contributed by atoms with van der Waals surface area (Å²) in [5, 5.41) is 4.35. The normalized spacial score (nSPS) is 11.1. The lowest BCUT2D eigenvalue weighted by molar-refractivity contribution is -0.116. The van der Waals surface area contributed by atoms with Gasteiger partial charge in [0.2, 0.25) is 5.91 Å². The van der Waals surface area contributed by atoms with Gasteiger partial charge in [-0.05, 0) is 28.1 Å². The Morgan fingerprint density at radius 3 is 2.79 bits per heavy atom. The van der Waals surface area contributed by atoms with E-state index in [2.05, 4.69) is 36.2 Å². The molecule has 0 atom stereocenters. The summed E-state index contributed by atoms with van der Waals surface area (Å²) < 4.78 is 4.43. The number of hydrogen-bond acceptors (Lipinski definition) is 7. The van der Waals surface area contributed by atoms with Gasteiger partial charge in [-0.2, -0.15) is 0 Å². The van der Waals surface area contributed by atoms with Crippen molar-refractivity contribution in [3.05, 3.63) is 66.6 Å². The molecule has 10 nitrogen and oxygen atoms in total. The highest BCUT2D eigenvalue weighted by Gasteiger charge is 2.18. The molecular weight excluding hydrogens is 462 g/mol. The second-order valence-corrected chi connectivity index (χ2v) is 8.27. The number of pyridine rings is 1. The lowest BCUT2D eigenvalue weighted by atomic mass is 10.3. The summed E-state index contributed by atoms with van der Waals surface area (Å²) in [6.45, 7) is -0.130. The summed E-state index contributed by atoms with van der Waals surface area (Å²) in [6, 6.07) is 5.26. The summed E-state index contributed by atoms with van der Waals surface area (Å²) in [5.74, 6) is 0.0443. The molecule has 0 aliphatic rings. The van der Waals surface area contributed by atoms with Crippen molar-refractivity contribution in [2.75, 3.05) is 5.32 Å². The molecule has 0 bridgehead atoms. The number of thiazole rings is 1. The third-order valence-corrected chi connectivity index (χ3v) is 5.57. The molecule has 1 amide bonds. The lowest BCUT2D eigenvalue weighted by Gasteiger charge is -2.09. The number of aromatic nitrogens is 6. The smallest absolute Gasteiger partial charge is 0.315 e. The van der Waals surface area contributed by atoms with Crippen molar-refractivity contribution in [1.82, 2.24) is 28.7 Å². The van der Waals surface area contributed by atoms with Gasteiger partial charge in [-0.3, -0.25) is 23.7 Å². The van der Waals surface area contributed by atoms with Crippen molar-refractivity contribution >= 4 is 50.2 Å². The third-order valence-electron chi connectivity index (χ3n) is 4.21. The Balaban J connectivity index is 1.71. The third kappa shape index (κ3) is 3.76. The number of anilines is 1. The summed E-state index contributed by atoms with van der Waals surface area (Å²) in [7, 11) is 1.53. The lowest BCUT2D eigenvalue weighted by Crippen LogP contribution is -2.40. The predicted octanol–water partition coefficient (Wildman–Crippen LogP) is 1.20. The largest absolute Gasteiger partial charge is 0.332 e. The number of halogens is 1. The van der Waals surface area contributed by atoms with Crippen LogP contribution in [0.3, 0.4) is 0 Å². The molecule has 0 spiro atoms. The Morgan fingerprint density at radius 1 is 1.28 bits per heavy atom. The molecule has 148 valence electrons. The number of hydrogen-bond donors (Lipinski definition) is 1. The number of amides is 1. The van der Waals surface area contributed by atoms with Crippen LogP contribution in [0.25, 0.3) is 11.2 Å². The van der Waals surface area contributed by atoms with Crippen LogP contribution in [0.15, 0.2) is 49.6 Å². The summed E-state index contributed by atoms with van der Waals surface area (Å²) in [6.07, 6.45) is 2.96. The summed E-state index contributed by atoms with van der Waals surface area (Å²) >= 11 is 4.57. The van der Waals surface area contributed by atoms with Crippen molar-refractivity contribution in [2.24, 2.45) is 7.05 Å². The van der Waals surface area contributed by atoms with Crippen molar-refractivity contribution in [2.45, 2.75) is 13.1 Å². The van der Waals surface area contributed by atoms with Gasteiger partial charge in [0.05, 0.1) is 18.6 Å². The van der Waals surface area contributed by atoms with E-state index in [4.69, 9.17) is 0 Å². The first-order chi connectivity index (χ1) is 13.9. The number of aryl methyl sites for hydroxylation is 1. The molecule has 4 rings (SSSR count). The number of imidazole rings is 1. The van der Waals surface area contributed by atoms with Gasteiger partial charge in [0, 0.05) is 18.6 Å².